The summed E-state index contributed by atoms with van der Waals surface area (Å²) < 4.78 is 8.97. The molecular weight excluding hydrogens is 498 g/mol. The Balaban J connectivity index is 1.99. The molecule has 0 radical (unpaired) electrons. The number of halogens is 2. The number of aryl methyl sites for hydroxylation is 1. The van der Waals surface area contributed by atoms with Gasteiger partial charge >= 0.3 is 0 Å². The highest BCUT2D eigenvalue weighted by Crippen LogP contribution is 2.27. The molecule has 3 rings (SSSR count). The van der Waals surface area contributed by atoms with Crippen molar-refractivity contribution in [2.24, 2.45) is 5.10 Å². The number of aromatic nitrogens is 2. The zero-order valence-electron chi connectivity index (χ0n) is 16.7. The molecule has 0 unspecified atom stereocenters. The second-order valence-corrected chi connectivity index (χ2v) is 8.60. The van der Waals surface area contributed by atoms with Gasteiger partial charge in [-0.15, -0.1) is 0 Å². The van der Waals surface area contributed by atoms with Crippen molar-refractivity contribution in [2.75, 3.05) is 0 Å². The Morgan fingerprint density at radius 1 is 1.21 bits per heavy atom. The smallest absolute Gasteiger partial charge is 0.282 e. The molecule has 0 saturated carbocycles. The van der Waals surface area contributed by atoms with Crippen LogP contribution in [0.1, 0.15) is 45.0 Å². The van der Waals surface area contributed by atoms with Gasteiger partial charge in [0, 0.05) is 10.9 Å². The van der Waals surface area contributed by atoms with Gasteiger partial charge in [-0.05, 0) is 77.7 Å². The average molecular weight is 521 g/mol. The Labute approximate surface area is 187 Å². The third kappa shape index (κ3) is 5.14. The van der Waals surface area contributed by atoms with Crippen LogP contribution in [0.5, 0.6) is 5.75 Å². The molecule has 0 aliphatic carbocycles. The van der Waals surface area contributed by atoms with Gasteiger partial charge < -0.3 is 4.74 Å². The molecule has 0 N–H and O–H groups in total. The molecule has 7 heteroatoms. The van der Waals surface area contributed by atoms with Crippen LogP contribution in [0.4, 0.5) is 0 Å². The van der Waals surface area contributed by atoms with Gasteiger partial charge in [0.25, 0.3) is 5.56 Å². The zero-order chi connectivity index (χ0) is 21.0. The molecule has 2 aromatic carbocycles. The summed E-state index contributed by atoms with van der Waals surface area (Å²) in [5, 5.41) is 5.00. The van der Waals surface area contributed by atoms with Crippen molar-refractivity contribution < 1.29 is 4.74 Å². The highest BCUT2D eigenvalue weighted by molar-refractivity contribution is 9.10. The first-order valence-corrected chi connectivity index (χ1v) is 11.2. The summed E-state index contributed by atoms with van der Waals surface area (Å²) in [6.07, 6.45) is 4.29. The molecule has 0 amide bonds. The predicted octanol–water partition coefficient (Wildman–Crippen LogP) is 5.93. The second kappa shape index (κ2) is 9.67. The van der Waals surface area contributed by atoms with Gasteiger partial charge in [-0.2, -0.15) is 9.78 Å². The summed E-state index contributed by atoms with van der Waals surface area (Å²) in [6, 6.07) is 11.3. The van der Waals surface area contributed by atoms with Crippen molar-refractivity contribution in [3.8, 4) is 5.75 Å². The molecule has 0 fully saturated rings. The zero-order valence-corrected chi connectivity index (χ0v) is 19.8. The molecule has 3 aromatic rings. The Morgan fingerprint density at radius 3 is 2.69 bits per heavy atom. The van der Waals surface area contributed by atoms with Gasteiger partial charge in [-0.25, -0.2) is 4.98 Å². The van der Waals surface area contributed by atoms with E-state index in [2.05, 4.69) is 55.8 Å². The third-order valence-electron chi connectivity index (χ3n) is 4.53. The summed E-state index contributed by atoms with van der Waals surface area (Å²) in [7, 11) is 0. The normalized spacial score (nSPS) is 12.6. The van der Waals surface area contributed by atoms with Gasteiger partial charge in [0.2, 0.25) is 0 Å². The van der Waals surface area contributed by atoms with Gasteiger partial charge in [-0.3, -0.25) is 4.79 Å². The number of hydrogen-bond donors (Lipinski definition) is 0. The lowest BCUT2D eigenvalue weighted by atomic mass is 10.2. The summed E-state index contributed by atoms with van der Waals surface area (Å²) in [4.78, 5) is 17.7. The molecule has 5 nitrogen and oxygen atoms in total. The molecule has 1 atom stereocenters. The molecular formula is C22H23Br2N3O2. The topological polar surface area (TPSA) is 56.5 Å². The summed E-state index contributed by atoms with van der Waals surface area (Å²) in [6.45, 7) is 6.18. The van der Waals surface area contributed by atoms with E-state index in [9.17, 15) is 4.79 Å². The van der Waals surface area contributed by atoms with Gasteiger partial charge in [-0.1, -0.05) is 29.8 Å². The van der Waals surface area contributed by atoms with Crippen LogP contribution in [0.15, 0.2) is 55.2 Å². The Morgan fingerprint density at radius 2 is 2.00 bits per heavy atom. The first-order chi connectivity index (χ1) is 13.9. The van der Waals surface area contributed by atoms with E-state index in [4.69, 9.17) is 4.74 Å². The predicted molar refractivity (Wildman–Crippen MR) is 125 cm³/mol. The fourth-order valence-corrected chi connectivity index (χ4v) is 3.67. The maximum absolute atomic E-state index is 13.0. The first-order valence-electron chi connectivity index (χ1n) is 9.64. The van der Waals surface area contributed by atoms with Gasteiger partial charge in [0.1, 0.15) is 11.6 Å². The van der Waals surface area contributed by atoms with Crippen LogP contribution < -0.4 is 10.3 Å². The Kier molecular flexibility index (Phi) is 7.24. The van der Waals surface area contributed by atoms with Crippen LogP contribution in [0.25, 0.3) is 10.9 Å². The number of benzene rings is 2. The van der Waals surface area contributed by atoms with E-state index in [1.54, 1.807) is 12.3 Å². The van der Waals surface area contributed by atoms with Crippen molar-refractivity contribution in [3.05, 3.63) is 67.1 Å². The monoisotopic (exact) mass is 519 g/mol. The lowest BCUT2D eigenvalue weighted by Gasteiger charge is -2.14. The summed E-state index contributed by atoms with van der Waals surface area (Å²) in [5.74, 6) is 1.44. The molecule has 0 spiro atoms. The molecule has 0 bridgehead atoms. The fraction of sp³-hybridized carbons (Fsp3) is 0.318. The van der Waals surface area contributed by atoms with Crippen LogP contribution in [0, 0.1) is 0 Å². The first kappa shape index (κ1) is 21.7. The van der Waals surface area contributed by atoms with Crippen LogP contribution >= 0.6 is 31.9 Å². The van der Waals surface area contributed by atoms with E-state index in [1.165, 1.54) is 4.68 Å². The number of rotatable bonds is 7. The van der Waals surface area contributed by atoms with Crippen molar-refractivity contribution in [1.29, 1.82) is 0 Å². The van der Waals surface area contributed by atoms with Crippen molar-refractivity contribution in [3.63, 3.8) is 0 Å². The Bertz CT molecular complexity index is 1110. The maximum Gasteiger partial charge on any atom is 0.282 e. The molecule has 1 aromatic heterocycles. The molecule has 0 saturated heterocycles. The largest absolute Gasteiger partial charge is 0.490 e. The third-order valence-corrected chi connectivity index (χ3v) is 5.64. The van der Waals surface area contributed by atoms with Gasteiger partial charge in [0.15, 0.2) is 0 Å². The minimum atomic E-state index is -0.174. The summed E-state index contributed by atoms with van der Waals surface area (Å²) in [5.41, 5.74) is 1.37. The summed E-state index contributed by atoms with van der Waals surface area (Å²) >= 11 is 6.97. The lowest BCUT2D eigenvalue weighted by Crippen LogP contribution is -2.22. The highest BCUT2D eigenvalue weighted by atomic mass is 79.9. The van der Waals surface area contributed by atoms with E-state index < -0.39 is 0 Å². The molecule has 29 heavy (non-hydrogen) atoms. The van der Waals surface area contributed by atoms with Crippen LogP contribution in [0.2, 0.25) is 0 Å². The van der Waals surface area contributed by atoms with E-state index in [1.807, 2.05) is 37.3 Å². The van der Waals surface area contributed by atoms with E-state index in [-0.39, 0.29) is 11.7 Å². The minimum absolute atomic E-state index is 0.143. The number of nitrogens with zero attached hydrogens (tertiary/aromatic N) is 3. The molecule has 152 valence electrons. The van der Waals surface area contributed by atoms with Crippen LogP contribution in [-0.4, -0.2) is 22.0 Å². The molecule has 1 heterocycles. The van der Waals surface area contributed by atoms with Crippen LogP contribution in [0.3, 0.4) is 0 Å². The molecule has 0 aliphatic heterocycles. The van der Waals surface area contributed by atoms with E-state index in [0.29, 0.717) is 23.1 Å². The van der Waals surface area contributed by atoms with Crippen molar-refractivity contribution in [1.82, 2.24) is 9.66 Å². The number of hydrogen-bond acceptors (Lipinski definition) is 4. The average Bonchev–Trinajstić information content (AvgIpc) is 2.70. The maximum atomic E-state index is 13.0. The number of ether oxygens (including phenoxy) is 1. The lowest BCUT2D eigenvalue weighted by molar-refractivity contribution is 0.216. The van der Waals surface area contributed by atoms with E-state index >= 15 is 0 Å². The van der Waals surface area contributed by atoms with Crippen LogP contribution in [-0.2, 0) is 6.42 Å². The number of fused-ring (bicyclic) bond motifs is 1. The van der Waals surface area contributed by atoms with Gasteiger partial charge in [0.05, 0.1) is 27.7 Å². The van der Waals surface area contributed by atoms with Crippen molar-refractivity contribution in [2.45, 2.75) is 46.1 Å². The van der Waals surface area contributed by atoms with E-state index in [0.717, 1.165) is 33.1 Å². The Hall–Kier alpha value is -1.99. The molecule has 0 aliphatic rings. The minimum Gasteiger partial charge on any atom is -0.490 e. The fourth-order valence-electron chi connectivity index (χ4n) is 2.82. The standard InChI is InChI=1S/C22H23Br2N3O2/c1-4-6-21-26-19-9-8-16(23)12-17(19)22(28)27(21)25-13-15-7-10-20(18(24)11-15)29-14(3)5-2/h7-14H,4-6H2,1-3H3/t14-/m0/s1. The quantitative estimate of drug-likeness (QED) is 0.362. The van der Waals surface area contributed by atoms with Crippen molar-refractivity contribution >= 4 is 49.0 Å². The second-order valence-electron chi connectivity index (χ2n) is 6.83. The highest BCUT2D eigenvalue weighted by Gasteiger charge is 2.11. The SMILES string of the molecule is CCCc1nc2ccc(Br)cc2c(=O)n1N=Cc1ccc(O[C@@H](C)CC)c(Br)c1.